The van der Waals surface area contributed by atoms with E-state index in [1.54, 1.807) is 12.1 Å². The average molecular weight is 500 g/mol. The molecule has 6 nitrogen and oxygen atoms in total. The van der Waals surface area contributed by atoms with Gasteiger partial charge >= 0.3 is 0 Å². The molecule has 0 spiro atoms. The van der Waals surface area contributed by atoms with E-state index in [0.29, 0.717) is 35.8 Å². The molecule has 1 N–H and O–H groups in total. The van der Waals surface area contributed by atoms with Gasteiger partial charge in [0.15, 0.2) is 0 Å². The van der Waals surface area contributed by atoms with Crippen molar-refractivity contribution >= 4 is 23.1 Å². The Morgan fingerprint density at radius 3 is 2.16 bits per heavy atom. The first-order valence-electron chi connectivity index (χ1n) is 12.6. The van der Waals surface area contributed by atoms with Crippen molar-refractivity contribution in [3.05, 3.63) is 94.6 Å². The number of aliphatic hydroxyl groups excluding tert-OH is 1. The van der Waals surface area contributed by atoms with Gasteiger partial charge in [0.25, 0.3) is 11.7 Å². The van der Waals surface area contributed by atoms with Crippen LogP contribution in [0.25, 0.3) is 5.76 Å². The van der Waals surface area contributed by atoms with E-state index in [2.05, 4.69) is 0 Å². The topological polar surface area (TPSA) is 76.1 Å². The molecule has 0 aromatic heterocycles. The third-order valence-corrected chi connectivity index (χ3v) is 6.47. The third kappa shape index (κ3) is 5.10. The van der Waals surface area contributed by atoms with Crippen LogP contribution in [-0.2, 0) is 9.59 Å². The molecule has 1 fully saturated rings. The fourth-order valence-electron chi connectivity index (χ4n) is 4.62. The van der Waals surface area contributed by atoms with Crippen LogP contribution < -0.4 is 14.4 Å². The lowest BCUT2D eigenvalue weighted by atomic mass is 9.93. The van der Waals surface area contributed by atoms with Crippen LogP contribution in [0.4, 0.5) is 5.69 Å². The van der Waals surface area contributed by atoms with Gasteiger partial charge in [-0.1, -0.05) is 43.7 Å². The fourth-order valence-corrected chi connectivity index (χ4v) is 4.62. The number of rotatable bonds is 8. The first-order valence-corrected chi connectivity index (χ1v) is 12.6. The number of hydrogen-bond donors (Lipinski definition) is 1. The monoisotopic (exact) mass is 499 g/mol. The summed E-state index contributed by atoms with van der Waals surface area (Å²) in [7, 11) is 0. The Morgan fingerprint density at radius 1 is 0.919 bits per heavy atom. The Bertz CT molecular complexity index is 1320. The fraction of sp³-hybridized carbons (Fsp3) is 0.290. The number of Topliss-reactive ketones (excluding diaryl/α,β-unsaturated/α-hetero) is 1. The van der Waals surface area contributed by atoms with E-state index in [-0.39, 0.29) is 17.3 Å². The highest BCUT2D eigenvalue weighted by molar-refractivity contribution is 6.51. The highest BCUT2D eigenvalue weighted by atomic mass is 16.5. The summed E-state index contributed by atoms with van der Waals surface area (Å²) in [4.78, 5) is 28.3. The van der Waals surface area contributed by atoms with E-state index in [0.717, 1.165) is 16.9 Å². The Kier molecular flexibility index (Phi) is 7.67. The summed E-state index contributed by atoms with van der Waals surface area (Å²) >= 11 is 0. The third-order valence-electron chi connectivity index (χ3n) is 6.47. The van der Waals surface area contributed by atoms with Crippen LogP contribution in [-0.4, -0.2) is 30.0 Å². The van der Waals surface area contributed by atoms with Crippen LogP contribution in [0.2, 0.25) is 0 Å². The van der Waals surface area contributed by atoms with Crippen molar-refractivity contribution in [2.75, 3.05) is 18.1 Å². The molecule has 6 heteroatoms. The molecule has 1 unspecified atom stereocenters. The van der Waals surface area contributed by atoms with Crippen LogP contribution in [0.3, 0.4) is 0 Å². The first kappa shape index (κ1) is 26.0. The van der Waals surface area contributed by atoms with Crippen molar-refractivity contribution in [2.45, 2.75) is 46.6 Å². The van der Waals surface area contributed by atoms with Gasteiger partial charge in [-0.15, -0.1) is 0 Å². The first-order chi connectivity index (χ1) is 17.8. The Labute approximate surface area is 218 Å². The van der Waals surface area contributed by atoms with E-state index >= 15 is 0 Å². The number of amides is 1. The molecule has 1 saturated heterocycles. The van der Waals surface area contributed by atoms with Crippen LogP contribution in [0.15, 0.2) is 72.3 Å². The van der Waals surface area contributed by atoms with Gasteiger partial charge in [-0.25, -0.2) is 0 Å². The number of carbonyl (C=O) groups excluding carboxylic acids is 2. The van der Waals surface area contributed by atoms with Crippen LogP contribution >= 0.6 is 0 Å². The van der Waals surface area contributed by atoms with Crippen LogP contribution in [0, 0.1) is 6.92 Å². The highest BCUT2D eigenvalue weighted by Crippen LogP contribution is 2.43. The molecular formula is C31H33NO5. The number of hydrogen-bond acceptors (Lipinski definition) is 5. The minimum atomic E-state index is -0.799. The minimum absolute atomic E-state index is 0.0496. The van der Waals surface area contributed by atoms with Gasteiger partial charge < -0.3 is 14.6 Å². The maximum atomic E-state index is 13.5. The predicted molar refractivity (Wildman–Crippen MR) is 145 cm³/mol. The molecular weight excluding hydrogens is 466 g/mol. The van der Waals surface area contributed by atoms with Gasteiger partial charge in [0.2, 0.25) is 0 Å². The Hall–Kier alpha value is -4.06. The van der Waals surface area contributed by atoms with Crippen LogP contribution in [0.5, 0.6) is 11.5 Å². The summed E-state index contributed by atoms with van der Waals surface area (Å²) in [5.41, 5.74) is 3.74. The molecule has 3 aromatic carbocycles. The SMILES string of the molecule is CCOc1ccc(C2/C(=C(/O)c3ccc(OCC)c(C(C)C)c3)C(=O)C(=O)N2c2ccc(C)cc2)cc1. The molecule has 1 aliphatic rings. The minimum Gasteiger partial charge on any atom is -0.507 e. The average Bonchev–Trinajstić information content (AvgIpc) is 3.15. The number of anilines is 1. The molecule has 0 saturated carbocycles. The molecule has 192 valence electrons. The zero-order valence-electron chi connectivity index (χ0n) is 21.9. The number of benzene rings is 3. The van der Waals surface area contributed by atoms with E-state index < -0.39 is 17.7 Å². The molecule has 1 aliphatic heterocycles. The zero-order valence-corrected chi connectivity index (χ0v) is 21.9. The van der Waals surface area contributed by atoms with Crippen molar-refractivity contribution in [1.82, 2.24) is 0 Å². The molecule has 1 heterocycles. The lowest BCUT2D eigenvalue weighted by Gasteiger charge is -2.26. The number of nitrogens with zero attached hydrogens (tertiary/aromatic N) is 1. The number of aliphatic hydroxyl groups is 1. The van der Waals surface area contributed by atoms with Crippen molar-refractivity contribution in [2.24, 2.45) is 0 Å². The van der Waals surface area contributed by atoms with Gasteiger partial charge in [0.1, 0.15) is 17.3 Å². The molecule has 0 radical (unpaired) electrons. The molecule has 3 aromatic rings. The second-order valence-electron chi connectivity index (χ2n) is 9.35. The quantitative estimate of drug-likeness (QED) is 0.216. The van der Waals surface area contributed by atoms with Crippen molar-refractivity contribution in [3.63, 3.8) is 0 Å². The smallest absolute Gasteiger partial charge is 0.300 e. The van der Waals surface area contributed by atoms with E-state index in [1.165, 1.54) is 4.90 Å². The zero-order chi connectivity index (χ0) is 26.7. The second kappa shape index (κ2) is 10.9. The van der Waals surface area contributed by atoms with E-state index in [1.807, 2.05) is 89.2 Å². The normalized spacial score (nSPS) is 16.9. The van der Waals surface area contributed by atoms with Crippen molar-refractivity contribution < 1.29 is 24.2 Å². The lowest BCUT2D eigenvalue weighted by Crippen LogP contribution is -2.29. The Morgan fingerprint density at radius 2 is 1.57 bits per heavy atom. The summed E-state index contributed by atoms with van der Waals surface area (Å²) < 4.78 is 11.3. The summed E-state index contributed by atoms with van der Waals surface area (Å²) in [6, 6.07) is 19.2. The Balaban J connectivity index is 1.90. The molecule has 0 bridgehead atoms. The summed E-state index contributed by atoms with van der Waals surface area (Å²) in [5, 5.41) is 11.5. The number of aryl methyl sites for hydroxylation is 1. The second-order valence-corrected chi connectivity index (χ2v) is 9.35. The molecule has 0 aliphatic carbocycles. The van der Waals surface area contributed by atoms with Gasteiger partial charge in [0, 0.05) is 11.3 Å². The van der Waals surface area contributed by atoms with Gasteiger partial charge in [-0.2, -0.15) is 0 Å². The maximum absolute atomic E-state index is 13.5. The standard InChI is InChI=1S/C31H33NO5/c1-6-36-24-15-10-21(11-16-24)28-27(30(34)31(35)32(28)23-13-8-20(5)9-14-23)29(33)22-12-17-26(37-7-2)25(18-22)19(3)4/h8-19,28,33H,6-7H2,1-5H3/b29-27-. The molecule has 1 amide bonds. The summed E-state index contributed by atoms with van der Waals surface area (Å²) in [6.07, 6.45) is 0. The van der Waals surface area contributed by atoms with E-state index in [9.17, 15) is 14.7 Å². The molecule has 37 heavy (non-hydrogen) atoms. The number of carbonyl (C=O) groups is 2. The summed E-state index contributed by atoms with van der Waals surface area (Å²) in [5.74, 6) is -0.0666. The largest absolute Gasteiger partial charge is 0.507 e. The summed E-state index contributed by atoms with van der Waals surface area (Å²) in [6.45, 7) is 10.9. The maximum Gasteiger partial charge on any atom is 0.300 e. The van der Waals surface area contributed by atoms with Crippen molar-refractivity contribution in [3.8, 4) is 11.5 Å². The number of ether oxygens (including phenoxy) is 2. The van der Waals surface area contributed by atoms with Gasteiger partial charge in [-0.3, -0.25) is 14.5 Å². The predicted octanol–water partition coefficient (Wildman–Crippen LogP) is 6.54. The lowest BCUT2D eigenvalue weighted by molar-refractivity contribution is -0.132. The van der Waals surface area contributed by atoms with E-state index in [4.69, 9.17) is 9.47 Å². The number of ketones is 1. The molecule has 1 atom stereocenters. The van der Waals surface area contributed by atoms with Crippen LogP contribution in [0.1, 0.15) is 61.9 Å². The van der Waals surface area contributed by atoms with Crippen molar-refractivity contribution in [1.29, 1.82) is 0 Å². The van der Waals surface area contributed by atoms with Gasteiger partial charge in [0.05, 0.1) is 24.8 Å². The highest BCUT2D eigenvalue weighted by Gasteiger charge is 2.47. The molecule has 4 rings (SSSR count). The van der Waals surface area contributed by atoms with Gasteiger partial charge in [-0.05, 0) is 80.3 Å².